The van der Waals surface area contributed by atoms with Gasteiger partial charge < -0.3 is 10.6 Å². The van der Waals surface area contributed by atoms with Crippen molar-refractivity contribution in [2.45, 2.75) is 31.5 Å². The first-order valence-corrected chi connectivity index (χ1v) is 6.38. The zero-order valence-corrected chi connectivity index (χ0v) is 11.0. The van der Waals surface area contributed by atoms with Crippen molar-refractivity contribution in [3.8, 4) is 0 Å². The van der Waals surface area contributed by atoms with E-state index in [1.165, 1.54) is 6.07 Å². The lowest BCUT2D eigenvalue weighted by atomic mass is 10.3. The third kappa shape index (κ3) is 3.79. The number of nitrogens with two attached hydrogens (primary N) is 1. The molecular weight excluding hydrogens is 275 g/mol. The van der Waals surface area contributed by atoms with Crippen molar-refractivity contribution in [1.82, 2.24) is 4.98 Å². The van der Waals surface area contributed by atoms with Gasteiger partial charge in [0, 0.05) is 19.0 Å². The monoisotopic (exact) mass is 289 g/mol. The summed E-state index contributed by atoms with van der Waals surface area (Å²) in [5, 5.41) is 0. The van der Waals surface area contributed by atoms with E-state index in [2.05, 4.69) is 4.98 Å². The van der Waals surface area contributed by atoms with Gasteiger partial charge in [-0.2, -0.15) is 13.2 Å². The standard InChI is InChI=1S/C12H14F3N3S/c13-12(14,15)9-2-1-3-11(17-9)18(8-4-5-8)7-6-10(16)19/h1-3,8H,4-7H2,(H2,16,19). The van der Waals surface area contributed by atoms with Gasteiger partial charge in [0.15, 0.2) is 0 Å². The van der Waals surface area contributed by atoms with Crippen molar-refractivity contribution in [1.29, 1.82) is 0 Å². The number of nitrogens with zero attached hydrogens (tertiary/aromatic N) is 2. The van der Waals surface area contributed by atoms with E-state index in [9.17, 15) is 13.2 Å². The van der Waals surface area contributed by atoms with Crippen molar-refractivity contribution < 1.29 is 13.2 Å². The molecule has 1 fully saturated rings. The molecule has 0 aliphatic heterocycles. The summed E-state index contributed by atoms with van der Waals surface area (Å²) in [4.78, 5) is 5.91. The maximum absolute atomic E-state index is 12.6. The lowest BCUT2D eigenvalue weighted by Gasteiger charge is -2.24. The van der Waals surface area contributed by atoms with E-state index in [0.29, 0.717) is 23.8 Å². The van der Waals surface area contributed by atoms with Crippen molar-refractivity contribution >= 4 is 23.0 Å². The summed E-state index contributed by atoms with van der Waals surface area (Å²) in [6.45, 7) is 0.508. The van der Waals surface area contributed by atoms with Gasteiger partial charge in [-0.15, -0.1) is 0 Å². The molecule has 0 radical (unpaired) electrons. The summed E-state index contributed by atoms with van der Waals surface area (Å²) >= 11 is 4.81. The Balaban J connectivity index is 2.19. The SMILES string of the molecule is NC(=S)CCN(c1cccc(C(F)(F)F)n1)C1CC1. The topological polar surface area (TPSA) is 42.1 Å². The highest BCUT2D eigenvalue weighted by Gasteiger charge is 2.34. The molecule has 1 aromatic heterocycles. The molecule has 0 unspecified atom stereocenters. The van der Waals surface area contributed by atoms with Crippen LogP contribution in [0.15, 0.2) is 18.2 Å². The summed E-state index contributed by atoms with van der Waals surface area (Å²) < 4.78 is 37.9. The predicted octanol–water partition coefficient (Wildman–Crippen LogP) is 2.75. The number of anilines is 1. The fourth-order valence-electron chi connectivity index (χ4n) is 1.84. The average Bonchev–Trinajstić information content (AvgIpc) is 3.13. The van der Waals surface area contributed by atoms with Crippen LogP contribution >= 0.6 is 12.2 Å². The van der Waals surface area contributed by atoms with Crippen LogP contribution in [-0.4, -0.2) is 22.6 Å². The minimum Gasteiger partial charge on any atom is -0.393 e. The second kappa shape index (κ2) is 5.32. The molecule has 3 nitrogen and oxygen atoms in total. The molecular formula is C12H14F3N3S. The van der Waals surface area contributed by atoms with Crippen LogP contribution in [0.2, 0.25) is 0 Å². The Morgan fingerprint density at radius 3 is 2.63 bits per heavy atom. The number of hydrogen-bond acceptors (Lipinski definition) is 3. The minimum atomic E-state index is -4.42. The van der Waals surface area contributed by atoms with Crippen LogP contribution in [0.25, 0.3) is 0 Å². The summed E-state index contributed by atoms with van der Waals surface area (Å²) in [5.41, 5.74) is 4.57. The van der Waals surface area contributed by atoms with E-state index in [0.717, 1.165) is 18.9 Å². The Morgan fingerprint density at radius 2 is 2.11 bits per heavy atom. The van der Waals surface area contributed by atoms with Gasteiger partial charge >= 0.3 is 6.18 Å². The molecule has 0 aromatic carbocycles. The van der Waals surface area contributed by atoms with Gasteiger partial charge in [-0.3, -0.25) is 0 Å². The van der Waals surface area contributed by atoms with Gasteiger partial charge in [0.2, 0.25) is 0 Å². The normalized spacial score (nSPS) is 15.3. The molecule has 104 valence electrons. The number of alkyl halides is 3. The minimum absolute atomic E-state index is 0.255. The largest absolute Gasteiger partial charge is 0.433 e. The second-order valence-corrected chi connectivity index (χ2v) is 5.04. The predicted molar refractivity (Wildman–Crippen MR) is 71.0 cm³/mol. The molecule has 19 heavy (non-hydrogen) atoms. The van der Waals surface area contributed by atoms with E-state index in [1.54, 1.807) is 6.07 Å². The van der Waals surface area contributed by atoms with Crippen molar-refractivity contribution in [2.75, 3.05) is 11.4 Å². The first-order valence-electron chi connectivity index (χ1n) is 5.97. The molecule has 1 aromatic rings. The number of pyridine rings is 1. The zero-order chi connectivity index (χ0) is 14.0. The third-order valence-electron chi connectivity index (χ3n) is 2.91. The molecule has 0 amide bonds. The fourth-order valence-corrected chi connectivity index (χ4v) is 1.93. The van der Waals surface area contributed by atoms with Gasteiger partial charge in [0.1, 0.15) is 11.5 Å². The molecule has 0 bridgehead atoms. The van der Waals surface area contributed by atoms with E-state index in [1.807, 2.05) is 4.90 Å². The van der Waals surface area contributed by atoms with E-state index < -0.39 is 11.9 Å². The van der Waals surface area contributed by atoms with Crippen LogP contribution in [0, 0.1) is 0 Å². The summed E-state index contributed by atoms with van der Waals surface area (Å²) in [5.74, 6) is 0.341. The van der Waals surface area contributed by atoms with Crippen LogP contribution in [0.3, 0.4) is 0 Å². The molecule has 0 saturated heterocycles. The summed E-state index contributed by atoms with van der Waals surface area (Å²) in [6, 6.07) is 4.20. The maximum atomic E-state index is 12.6. The fraction of sp³-hybridized carbons (Fsp3) is 0.500. The highest BCUT2D eigenvalue weighted by atomic mass is 32.1. The molecule has 1 aliphatic carbocycles. The smallest absolute Gasteiger partial charge is 0.393 e. The molecule has 7 heteroatoms. The van der Waals surface area contributed by atoms with Gasteiger partial charge in [0.05, 0.1) is 4.99 Å². The first-order chi connectivity index (χ1) is 8.88. The number of hydrogen-bond donors (Lipinski definition) is 1. The highest BCUT2D eigenvalue weighted by molar-refractivity contribution is 7.80. The molecule has 1 saturated carbocycles. The second-order valence-electron chi connectivity index (χ2n) is 4.52. The number of halogens is 3. The van der Waals surface area contributed by atoms with Gasteiger partial charge in [0.25, 0.3) is 0 Å². The Hall–Kier alpha value is -1.37. The summed E-state index contributed by atoms with van der Waals surface area (Å²) in [7, 11) is 0. The molecule has 2 N–H and O–H groups in total. The Bertz CT molecular complexity index is 472. The van der Waals surface area contributed by atoms with Crippen molar-refractivity contribution in [3.05, 3.63) is 23.9 Å². The van der Waals surface area contributed by atoms with Gasteiger partial charge in [-0.1, -0.05) is 18.3 Å². The van der Waals surface area contributed by atoms with E-state index >= 15 is 0 Å². The van der Waals surface area contributed by atoms with Crippen LogP contribution < -0.4 is 10.6 Å². The van der Waals surface area contributed by atoms with Crippen molar-refractivity contribution in [2.24, 2.45) is 5.73 Å². The van der Waals surface area contributed by atoms with Crippen LogP contribution in [0.1, 0.15) is 25.0 Å². The molecule has 0 spiro atoms. The zero-order valence-electron chi connectivity index (χ0n) is 10.2. The lowest BCUT2D eigenvalue weighted by molar-refractivity contribution is -0.141. The molecule has 1 aliphatic rings. The first kappa shape index (κ1) is 14.0. The van der Waals surface area contributed by atoms with Crippen LogP contribution in [-0.2, 0) is 6.18 Å². The molecule has 2 rings (SSSR count). The number of thiocarbonyl (C=S) groups is 1. The number of rotatable bonds is 5. The lowest BCUT2D eigenvalue weighted by Crippen LogP contribution is -2.30. The Labute approximate surface area is 114 Å². The van der Waals surface area contributed by atoms with E-state index in [-0.39, 0.29) is 6.04 Å². The third-order valence-corrected chi connectivity index (χ3v) is 3.11. The highest BCUT2D eigenvalue weighted by Crippen LogP contribution is 2.33. The van der Waals surface area contributed by atoms with Gasteiger partial charge in [-0.25, -0.2) is 4.98 Å². The average molecular weight is 289 g/mol. The Morgan fingerprint density at radius 1 is 1.42 bits per heavy atom. The van der Waals surface area contributed by atoms with E-state index in [4.69, 9.17) is 18.0 Å². The van der Waals surface area contributed by atoms with Gasteiger partial charge in [-0.05, 0) is 25.0 Å². The quantitative estimate of drug-likeness (QED) is 0.846. The van der Waals surface area contributed by atoms with Crippen LogP contribution in [0.5, 0.6) is 0 Å². The Kier molecular flexibility index (Phi) is 3.93. The van der Waals surface area contributed by atoms with Crippen molar-refractivity contribution in [3.63, 3.8) is 0 Å². The maximum Gasteiger partial charge on any atom is 0.433 e. The number of aromatic nitrogens is 1. The molecule has 1 heterocycles. The van der Waals surface area contributed by atoms with Crippen LogP contribution in [0.4, 0.5) is 19.0 Å². The summed E-state index contributed by atoms with van der Waals surface area (Å²) in [6.07, 6.45) is -2.01. The molecule has 0 atom stereocenters.